The first-order chi connectivity index (χ1) is 12.1. The van der Waals surface area contributed by atoms with E-state index in [4.69, 9.17) is 9.15 Å². The molecule has 6 nitrogen and oxygen atoms in total. The van der Waals surface area contributed by atoms with Crippen molar-refractivity contribution in [2.75, 3.05) is 33.3 Å². The lowest BCUT2D eigenvalue weighted by molar-refractivity contribution is 0.0559. The van der Waals surface area contributed by atoms with E-state index < -0.39 is 5.97 Å². The van der Waals surface area contributed by atoms with Crippen molar-refractivity contribution < 1.29 is 23.1 Å². The van der Waals surface area contributed by atoms with Gasteiger partial charge in [0.05, 0.1) is 13.4 Å². The molecule has 0 aliphatic carbocycles. The molecule has 1 amide bonds. The second-order valence-electron chi connectivity index (χ2n) is 5.84. The van der Waals surface area contributed by atoms with Crippen molar-refractivity contribution in [3.05, 3.63) is 59.3 Å². The highest BCUT2D eigenvalue weighted by molar-refractivity contribution is 5.94. The number of halogens is 1. The molecule has 0 saturated carbocycles. The average Bonchev–Trinajstić information content (AvgIpc) is 3.10. The van der Waals surface area contributed by atoms with Gasteiger partial charge in [-0.1, -0.05) is 0 Å². The first kappa shape index (κ1) is 17.2. The number of esters is 1. The molecule has 0 spiro atoms. The van der Waals surface area contributed by atoms with Crippen LogP contribution in [0, 0.1) is 5.82 Å². The number of amides is 1. The Morgan fingerprint density at radius 1 is 1.12 bits per heavy atom. The Morgan fingerprint density at radius 3 is 2.44 bits per heavy atom. The lowest BCUT2D eigenvalue weighted by Crippen LogP contribution is -2.48. The molecule has 1 saturated heterocycles. The van der Waals surface area contributed by atoms with Gasteiger partial charge < -0.3 is 14.1 Å². The number of carbonyl (C=O) groups is 2. The highest BCUT2D eigenvalue weighted by Crippen LogP contribution is 2.17. The van der Waals surface area contributed by atoms with E-state index in [1.807, 2.05) is 0 Å². The van der Waals surface area contributed by atoms with Crippen molar-refractivity contribution >= 4 is 11.9 Å². The topological polar surface area (TPSA) is 63.0 Å². The standard InChI is InChI=1S/C18H19FN2O4/c1-24-18(23)16-14(6-11-25-16)12-20-7-9-21(10-8-20)17(22)13-2-4-15(19)5-3-13/h2-6,11H,7-10,12H2,1H3. The number of rotatable bonds is 4. The van der Waals surface area contributed by atoms with Crippen molar-refractivity contribution in [2.45, 2.75) is 6.54 Å². The minimum atomic E-state index is -0.495. The average molecular weight is 346 g/mol. The molecule has 132 valence electrons. The lowest BCUT2D eigenvalue weighted by Gasteiger charge is -2.34. The molecule has 1 fully saturated rings. The minimum absolute atomic E-state index is 0.0989. The summed E-state index contributed by atoms with van der Waals surface area (Å²) in [5.41, 5.74) is 1.25. The zero-order valence-corrected chi connectivity index (χ0v) is 13.9. The Labute approximate surface area is 144 Å². The Hall–Kier alpha value is -2.67. The predicted octanol–water partition coefficient (Wildman–Crippen LogP) is 2.16. The summed E-state index contributed by atoms with van der Waals surface area (Å²) in [4.78, 5) is 28.0. The van der Waals surface area contributed by atoms with Crippen LogP contribution in [0.3, 0.4) is 0 Å². The van der Waals surface area contributed by atoms with Crippen molar-refractivity contribution in [2.24, 2.45) is 0 Å². The van der Waals surface area contributed by atoms with Gasteiger partial charge in [-0.3, -0.25) is 9.69 Å². The summed E-state index contributed by atoms with van der Waals surface area (Å²) >= 11 is 0. The van der Waals surface area contributed by atoms with E-state index in [1.54, 1.807) is 11.0 Å². The van der Waals surface area contributed by atoms with Crippen molar-refractivity contribution in [1.82, 2.24) is 9.80 Å². The molecule has 2 aromatic rings. The van der Waals surface area contributed by atoms with Crippen LogP contribution < -0.4 is 0 Å². The third kappa shape index (κ3) is 3.88. The predicted molar refractivity (Wildman–Crippen MR) is 87.6 cm³/mol. The van der Waals surface area contributed by atoms with E-state index in [0.717, 1.165) is 5.56 Å². The Balaban J connectivity index is 1.57. The highest BCUT2D eigenvalue weighted by atomic mass is 19.1. The molecule has 0 unspecified atom stereocenters. The van der Waals surface area contributed by atoms with Crippen LogP contribution in [0.4, 0.5) is 4.39 Å². The van der Waals surface area contributed by atoms with Crippen LogP contribution in [-0.2, 0) is 11.3 Å². The molecule has 25 heavy (non-hydrogen) atoms. The third-order valence-corrected chi connectivity index (χ3v) is 4.26. The summed E-state index contributed by atoms with van der Waals surface area (Å²) in [5.74, 6) is -0.737. The van der Waals surface area contributed by atoms with Gasteiger partial charge in [-0.15, -0.1) is 0 Å². The molecule has 2 heterocycles. The van der Waals surface area contributed by atoms with Crippen LogP contribution in [0.15, 0.2) is 41.0 Å². The number of hydrogen-bond donors (Lipinski definition) is 0. The van der Waals surface area contributed by atoms with Gasteiger partial charge in [0.2, 0.25) is 5.76 Å². The smallest absolute Gasteiger partial charge is 0.374 e. The van der Waals surface area contributed by atoms with E-state index in [0.29, 0.717) is 38.3 Å². The Morgan fingerprint density at radius 2 is 1.80 bits per heavy atom. The van der Waals surface area contributed by atoms with E-state index >= 15 is 0 Å². The molecule has 1 aromatic heterocycles. The van der Waals surface area contributed by atoms with Gasteiger partial charge in [0.15, 0.2) is 0 Å². The maximum absolute atomic E-state index is 13.0. The molecule has 1 aliphatic heterocycles. The van der Waals surface area contributed by atoms with Crippen molar-refractivity contribution in [1.29, 1.82) is 0 Å². The maximum Gasteiger partial charge on any atom is 0.374 e. The van der Waals surface area contributed by atoms with Gasteiger partial charge in [0.1, 0.15) is 5.82 Å². The lowest BCUT2D eigenvalue weighted by atomic mass is 10.1. The largest absolute Gasteiger partial charge is 0.463 e. The van der Waals surface area contributed by atoms with E-state index in [9.17, 15) is 14.0 Å². The number of methoxy groups -OCH3 is 1. The molecular weight excluding hydrogens is 327 g/mol. The minimum Gasteiger partial charge on any atom is -0.463 e. The molecule has 3 rings (SSSR count). The van der Waals surface area contributed by atoms with Crippen LogP contribution in [0.5, 0.6) is 0 Å². The van der Waals surface area contributed by atoms with Gasteiger partial charge in [0.25, 0.3) is 5.91 Å². The molecule has 0 N–H and O–H groups in total. The first-order valence-corrected chi connectivity index (χ1v) is 8.00. The molecule has 0 radical (unpaired) electrons. The van der Waals surface area contributed by atoms with E-state index in [1.165, 1.54) is 37.6 Å². The number of piperazine rings is 1. The number of hydrogen-bond acceptors (Lipinski definition) is 5. The molecule has 1 aromatic carbocycles. The molecule has 1 aliphatic rings. The SMILES string of the molecule is COC(=O)c1occc1CN1CCN(C(=O)c2ccc(F)cc2)CC1. The molecule has 0 bridgehead atoms. The maximum atomic E-state index is 13.0. The summed E-state index contributed by atoms with van der Waals surface area (Å²) in [7, 11) is 1.31. The fourth-order valence-electron chi connectivity index (χ4n) is 2.86. The molecule has 7 heteroatoms. The van der Waals surface area contributed by atoms with Gasteiger partial charge in [-0.05, 0) is 30.3 Å². The second-order valence-corrected chi connectivity index (χ2v) is 5.84. The summed E-state index contributed by atoms with van der Waals surface area (Å²) < 4.78 is 22.9. The summed E-state index contributed by atoms with van der Waals surface area (Å²) in [5, 5.41) is 0. The monoisotopic (exact) mass is 346 g/mol. The second kappa shape index (κ2) is 7.48. The quantitative estimate of drug-likeness (QED) is 0.794. The Kier molecular flexibility index (Phi) is 5.14. The number of carbonyl (C=O) groups excluding carboxylic acids is 2. The summed E-state index contributed by atoms with van der Waals surface area (Å²) in [6.07, 6.45) is 1.47. The summed E-state index contributed by atoms with van der Waals surface area (Å²) in [6, 6.07) is 7.33. The summed E-state index contributed by atoms with van der Waals surface area (Å²) in [6.45, 7) is 3.06. The van der Waals surface area contributed by atoms with Gasteiger partial charge in [-0.25, -0.2) is 9.18 Å². The zero-order chi connectivity index (χ0) is 17.8. The van der Waals surface area contributed by atoms with Crippen LogP contribution in [0.2, 0.25) is 0 Å². The molecule has 0 atom stereocenters. The molecular formula is C18H19FN2O4. The van der Waals surface area contributed by atoms with E-state index in [-0.39, 0.29) is 17.5 Å². The number of ether oxygens (including phenoxy) is 1. The van der Waals surface area contributed by atoms with E-state index in [2.05, 4.69) is 4.90 Å². The highest BCUT2D eigenvalue weighted by Gasteiger charge is 2.24. The number of benzene rings is 1. The van der Waals surface area contributed by atoms with Crippen LogP contribution in [0.25, 0.3) is 0 Å². The van der Waals surface area contributed by atoms with Crippen molar-refractivity contribution in [3.8, 4) is 0 Å². The van der Waals surface area contributed by atoms with Gasteiger partial charge in [0, 0.05) is 43.9 Å². The fourth-order valence-corrected chi connectivity index (χ4v) is 2.86. The number of furan rings is 1. The zero-order valence-electron chi connectivity index (χ0n) is 13.9. The fraction of sp³-hybridized carbons (Fsp3) is 0.333. The Bertz CT molecular complexity index is 749. The third-order valence-electron chi connectivity index (χ3n) is 4.26. The van der Waals surface area contributed by atoms with Crippen LogP contribution in [0.1, 0.15) is 26.5 Å². The van der Waals surface area contributed by atoms with Crippen LogP contribution in [-0.4, -0.2) is 55.0 Å². The normalized spacial score (nSPS) is 15.2. The number of nitrogens with zero attached hydrogens (tertiary/aromatic N) is 2. The van der Waals surface area contributed by atoms with Crippen molar-refractivity contribution in [3.63, 3.8) is 0 Å². The van der Waals surface area contributed by atoms with Gasteiger partial charge >= 0.3 is 5.97 Å². The first-order valence-electron chi connectivity index (χ1n) is 8.00. The van der Waals surface area contributed by atoms with Crippen LogP contribution >= 0.6 is 0 Å². The van der Waals surface area contributed by atoms with Gasteiger partial charge in [-0.2, -0.15) is 0 Å².